The smallest absolute Gasteiger partial charge is 0.321 e. The molecule has 35 heavy (non-hydrogen) atoms. The molecule has 0 spiro atoms. The van der Waals surface area contributed by atoms with Crippen molar-refractivity contribution in [1.29, 1.82) is 0 Å². The first-order chi connectivity index (χ1) is 17.1. The van der Waals surface area contributed by atoms with Gasteiger partial charge in [0.1, 0.15) is 5.75 Å². The number of rotatable bonds is 5. The molecular weight excluding hydrogens is 446 g/mol. The monoisotopic (exact) mass is 477 g/mol. The Kier molecular flexibility index (Phi) is 6.85. The number of hydrogen-bond donors (Lipinski definition) is 1. The second kappa shape index (κ2) is 10.4. The van der Waals surface area contributed by atoms with E-state index in [9.17, 15) is 9.59 Å². The van der Waals surface area contributed by atoms with E-state index in [0.717, 1.165) is 29.8 Å². The number of ether oxygens (including phenoxy) is 2. The first-order valence-electron chi connectivity index (χ1n) is 12.3. The minimum absolute atomic E-state index is 0.00114. The topological polar surface area (TPSA) is 88.4 Å². The molecule has 2 aliphatic rings. The molecule has 4 heterocycles. The van der Waals surface area contributed by atoms with E-state index in [1.54, 1.807) is 10.7 Å². The van der Waals surface area contributed by atoms with Crippen molar-refractivity contribution in [1.82, 2.24) is 19.4 Å². The van der Waals surface area contributed by atoms with Crippen LogP contribution < -0.4 is 10.1 Å². The van der Waals surface area contributed by atoms with E-state index in [1.165, 1.54) is 5.56 Å². The molecule has 9 nitrogen and oxygen atoms in total. The fourth-order valence-corrected chi connectivity index (χ4v) is 4.77. The molecule has 1 N–H and O–H groups in total. The largest absolute Gasteiger partial charge is 0.494 e. The van der Waals surface area contributed by atoms with E-state index >= 15 is 0 Å². The number of fused-ring (bicyclic) bond motifs is 1. The third kappa shape index (κ3) is 5.09. The summed E-state index contributed by atoms with van der Waals surface area (Å²) in [6.45, 7) is 6.26. The molecule has 0 unspecified atom stereocenters. The lowest BCUT2D eigenvalue weighted by Crippen LogP contribution is -2.40. The highest BCUT2D eigenvalue weighted by Gasteiger charge is 2.26. The van der Waals surface area contributed by atoms with Crippen LogP contribution in [0.25, 0.3) is 5.52 Å². The minimum atomic E-state index is -0.0859. The summed E-state index contributed by atoms with van der Waals surface area (Å²) in [5.41, 5.74) is 3.39. The van der Waals surface area contributed by atoms with Crippen molar-refractivity contribution in [2.45, 2.75) is 25.7 Å². The molecule has 184 valence electrons. The van der Waals surface area contributed by atoms with E-state index in [1.807, 2.05) is 47.2 Å². The number of benzene rings is 1. The number of aromatic nitrogens is 2. The van der Waals surface area contributed by atoms with Crippen molar-refractivity contribution < 1.29 is 19.1 Å². The van der Waals surface area contributed by atoms with E-state index in [4.69, 9.17) is 9.47 Å². The van der Waals surface area contributed by atoms with Gasteiger partial charge in [-0.25, -0.2) is 9.31 Å². The molecule has 5 rings (SSSR count). The van der Waals surface area contributed by atoms with Crippen LogP contribution in [0.3, 0.4) is 0 Å². The third-order valence-corrected chi connectivity index (χ3v) is 6.74. The number of carbonyl (C=O) groups is 2. The van der Waals surface area contributed by atoms with Crippen LogP contribution in [0.2, 0.25) is 0 Å². The van der Waals surface area contributed by atoms with Gasteiger partial charge in [-0.15, -0.1) is 0 Å². The highest BCUT2D eigenvalue weighted by molar-refractivity contribution is 6.00. The molecule has 1 aromatic carbocycles. The van der Waals surface area contributed by atoms with Gasteiger partial charge in [0.15, 0.2) is 0 Å². The number of urea groups is 1. The molecule has 2 aromatic heterocycles. The average Bonchev–Trinajstić information content (AvgIpc) is 3.33. The number of carbonyl (C=O) groups excluding carboxylic acids is 2. The third-order valence-electron chi connectivity index (χ3n) is 6.74. The number of amides is 3. The number of nitrogens with zero attached hydrogens (tertiary/aromatic N) is 4. The van der Waals surface area contributed by atoms with Crippen LogP contribution >= 0.6 is 0 Å². The molecule has 9 heteroatoms. The van der Waals surface area contributed by atoms with Gasteiger partial charge in [-0.1, -0.05) is 0 Å². The molecule has 0 bridgehead atoms. The molecule has 3 amide bonds. The summed E-state index contributed by atoms with van der Waals surface area (Å²) >= 11 is 0. The SMILES string of the molecule is CCOc1ccc(NC(=O)N2CCC(c3ccn4ncc(C(=O)N5CCOCC5)c4c3)CC2)cc1. The molecule has 2 aliphatic heterocycles. The summed E-state index contributed by atoms with van der Waals surface area (Å²) in [5.74, 6) is 1.12. The Bertz CT molecular complexity index is 1180. The van der Waals surface area contributed by atoms with Crippen LogP contribution in [0.5, 0.6) is 5.75 Å². The zero-order valence-corrected chi connectivity index (χ0v) is 20.0. The average molecular weight is 478 g/mol. The van der Waals surface area contributed by atoms with Crippen LogP contribution in [-0.4, -0.2) is 77.4 Å². The van der Waals surface area contributed by atoms with Crippen molar-refractivity contribution in [3.8, 4) is 5.75 Å². The molecule has 0 saturated carbocycles. The predicted molar refractivity (Wildman–Crippen MR) is 132 cm³/mol. The molecular formula is C26H31N5O4. The van der Waals surface area contributed by atoms with Gasteiger partial charge in [0.2, 0.25) is 0 Å². The summed E-state index contributed by atoms with van der Waals surface area (Å²) < 4.78 is 12.6. The second-order valence-corrected chi connectivity index (χ2v) is 8.90. The summed E-state index contributed by atoms with van der Waals surface area (Å²) in [5, 5.41) is 7.36. The number of anilines is 1. The van der Waals surface area contributed by atoms with Crippen molar-refractivity contribution >= 4 is 23.1 Å². The van der Waals surface area contributed by atoms with E-state index in [-0.39, 0.29) is 11.9 Å². The van der Waals surface area contributed by atoms with Crippen LogP contribution in [0.4, 0.5) is 10.5 Å². The zero-order valence-electron chi connectivity index (χ0n) is 20.0. The van der Waals surface area contributed by atoms with Crippen molar-refractivity contribution in [2.24, 2.45) is 0 Å². The maximum Gasteiger partial charge on any atom is 0.321 e. The van der Waals surface area contributed by atoms with Crippen LogP contribution in [0.15, 0.2) is 48.8 Å². The maximum absolute atomic E-state index is 13.0. The number of nitrogens with one attached hydrogen (secondary N) is 1. The summed E-state index contributed by atoms with van der Waals surface area (Å²) in [6.07, 6.45) is 5.32. The zero-order chi connectivity index (χ0) is 24.2. The number of hydrogen-bond acceptors (Lipinski definition) is 5. The molecule has 0 atom stereocenters. The van der Waals surface area contributed by atoms with E-state index in [0.29, 0.717) is 57.5 Å². The predicted octanol–water partition coefficient (Wildman–Crippen LogP) is 3.62. The van der Waals surface area contributed by atoms with E-state index < -0.39 is 0 Å². The molecule has 0 aliphatic carbocycles. The summed E-state index contributed by atoms with van der Waals surface area (Å²) in [6, 6.07) is 11.5. The fraction of sp³-hybridized carbons (Fsp3) is 0.423. The second-order valence-electron chi connectivity index (χ2n) is 8.90. The molecule has 2 saturated heterocycles. The lowest BCUT2D eigenvalue weighted by Gasteiger charge is -2.32. The number of morpholine rings is 1. The van der Waals surface area contributed by atoms with Crippen molar-refractivity contribution in [2.75, 3.05) is 51.3 Å². The first-order valence-corrected chi connectivity index (χ1v) is 12.3. The Morgan fingerprint density at radius 3 is 2.51 bits per heavy atom. The number of likely N-dealkylation sites (tertiary alicyclic amines) is 1. The lowest BCUT2D eigenvalue weighted by molar-refractivity contribution is 0.0304. The Labute approximate surface area is 204 Å². The fourth-order valence-electron chi connectivity index (χ4n) is 4.77. The quantitative estimate of drug-likeness (QED) is 0.607. The van der Waals surface area contributed by atoms with Gasteiger partial charge in [-0.2, -0.15) is 5.10 Å². The van der Waals surface area contributed by atoms with Gasteiger partial charge in [0, 0.05) is 38.1 Å². The highest BCUT2D eigenvalue weighted by Crippen LogP contribution is 2.30. The van der Waals surface area contributed by atoms with Crippen molar-refractivity contribution in [3.05, 3.63) is 59.9 Å². The first kappa shape index (κ1) is 23.2. The van der Waals surface area contributed by atoms with Gasteiger partial charge < -0.3 is 24.6 Å². The molecule has 0 radical (unpaired) electrons. The molecule has 2 fully saturated rings. The van der Waals surface area contributed by atoms with Gasteiger partial charge in [0.05, 0.1) is 37.1 Å². The maximum atomic E-state index is 13.0. The number of pyridine rings is 1. The number of piperidine rings is 1. The van der Waals surface area contributed by atoms with Gasteiger partial charge >= 0.3 is 6.03 Å². The van der Waals surface area contributed by atoms with Crippen LogP contribution in [-0.2, 0) is 4.74 Å². The van der Waals surface area contributed by atoms with Gasteiger partial charge in [-0.3, -0.25) is 4.79 Å². The molecule has 3 aromatic rings. The minimum Gasteiger partial charge on any atom is -0.494 e. The van der Waals surface area contributed by atoms with Gasteiger partial charge in [0.25, 0.3) is 5.91 Å². The van der Waals surface area contributed by atoms with Crippen LogP contribution in [0.1, 0.15) is 41.6 Å². The van der Waals surface area contributed by atoms with E-state index in [2.05, 4.69) is 22.5 Å². The highest BCUT2D eigenvalue weighted by atomic mass is 16.5. The van der Waals surface area contributed by atoms with Crippen LogP contribution in [0, 0.1) is 0 Å². The normalized spacial score (nSPS) is 16.9. The standard InChI is InChI=1S/C26H31N5O4/c1-2-35-22-5-3-21(4-6-22)28-26(33)30-10-7-19(8-11-30)20-9-12-31-24(17-20)23(18-27-31)25(32)29-13-15-34-16-14-29/h3-6,9,12,17-19H,2,7-8,10-11,13-16H2,1H3,(H,28,33). The Hall–Kier alpha value is -3.59. The Morgan fingerprint density at radius 1 is 1.06 bits per heavy atom. The Balaban J connectivity index is 1.21. The summed E-state index contributed by atoms with van der Waals surface area (Å²) in [4.78, 5) is 29.5. The lowest BCUT2D eigenvalue weighted by atomic mass is 9.89. The Morgan fingerprint density at radius 2 is 1.80 bits per heavy atom. The van der Waals surface area contributed by atoms with Gasteiger partial charge in [-0.05, 0) is 67.6 Å². The van der Waals surface area contributed by atoms with Crippen molar-refractivity contribution in [3.63, 3.8) is 0 Å². The summed E-state index contributed by atoms with van der Waals surface area (Å²) in [7, 11) is 0.